The Morgan fingerprint density at radius 3 is 2.78 bits per heavy atom. The predicted octanol–water partition coefficient (Wildman–Crippen LogP) is 2.42. The summed E-state index contributed by atoms with van der Waals surface area (Å²) >= 11 is 5.83. The van der Waals surface area contributed by atoms with Crippen molar-refractivity contribution in [2.45, 2.75) is 0 Å². The van der Waals surface area contributed by atoms with Gasteiger partial charge in [0.2, 0.25) is 0 Å². The number of hydrogen-bond acceptors (Lipinski definition) is 4. The Morgan fingerprint density at radius 2 is 2.11 bits per heavy atom. The summed E-state index contributed by atoms with van der Waals surface area (Å²) in [6.07, 6.45) is 1.61. The number of hydrogen-bond donors (Lipinski definition) is 2. The van der Waals surface area contributed by atoms with Crippen molar-refractivity contribution in [1.29, 1.82) is 0 Å². The molecule has 2 N–H and O–H groups in total. The van der Waals surface area contributed by atoms with E-state index >= 15 is 0 Å². The van der Waals surface area contributed by atoms with Crippen molar-refractivity contribution in [2.75, 3.05) is 17.7 Å². The average Bonchev–Trinajstić information content (AvgIpc) is 2.39. The van der Waals surface area contributed by atoms with Crippen LogP contribution in [0, 0.1) is 0 Å². The second-order valence-electron chi connectivity index (χ2n) is 3.48. The zero-order chi connectivity index (χ0) is 13.0. The van der Waals surface area contributed by atoms with Crippen LogP contribution in [0.25, 0.3) is 0 Å². The van der Waals surface area contributed by atoms with Gasteiger partial charge < -0.3 is 10.6 Å². The van der Waals surface area contributed by atoms with Crippen LogP contribution in [0.1, 0.15) is 10.4 Å². The smallest absolute Gasteiger partial charge is 0.257 e. The molecule has 0 saturated carbocycles. The van der Waals surface area contributed by atoms with Gasteiger partial charge in [-0.25, -0.2) is 9.97 Å². The zero-order valence-corrected chi connectivity index (χ0v) is 10.4. The molecule has 92 valence electrons. The highest BCUT2D eigenvalue weighted by molar-refractivity contribution is 6.30. The maximum atomic E-state index is 12.0. The van der Waals surface area contributed by atoms with E-state index < -0.39 is 0 Å². The van der Waals surface area contributed by atoms with Crippen molar-refractivity contribution < 1.29 is 4.79 Å². The highest BCUT2D eigenvalue weighted by Crippen LogP contribution is 2.15. The van der Waals surface area contributed by atoms with Gasteiger partial charge in [-0.3, -0.25) is 4.79 Å². The minimum atomic E-state index is -0.283. The third-order valence-corrected chi connectivity index (χ3v) is 2.41. The zero-order valence-electron chi connectivity index (χ0n) is 9.64. The number of aromatic nitrogens is 2. The average molecular weight is 263 g/mol. The molecule has 0 bridgehead atoms. The molecule has 2 heterocycles. The Bertz CT molecular complexity index is 559. The molecule has 18 heavy (non-hydrogen) atoms. The number of anilines is 2. The second-order valence-corrected chi connectivity index (χ2v) is 3.87. The molecule has 1 amide bonds. The first-order valence-corrected chi connectivity index (χ1v) is 5.64. The fourth-order valence-electron chi connectivity index (χ4n) is 1.38. The van der Waals surface area contributed by atoms with E-state index in [9.17, 15) is 4.79 Å². The molecule has 0 aliphatic carbocycles. The first-order chi connectivity index (χ1) is 8.69. The summed E-state index contributed by atoms with van der Waals surface area (Å²) in [6.45, 7) is 0. The van der Waals surface area contributed by atoms with Crippen LogP contribution in [-0.2, 0) is 0 Å². The largest absolute Gasteiger partial charge is 0.373 e. The Hall–Kier alpha value is -2.14. The van der Waals surface area contributed by atoms with Gasteiger partial charge in [-0.1, -0.05) is 17.7 Å². The van der Waals surface area contributed by atoms with E-state index in [-0.39, 0.29) is 11.1 Å². The fourth-order valence-corrected chi connectivity index (χ4v) is 1.59. The Morgan fingerprint density at radius 1 is 1.28 bits per heavy atom. The van der Waals surface area contributed by atoms with Crippen LogP contribution < -0.4 is 10.6 Å². The van der Waals surface area contributed by atoms with Crippen LogP contribution in [-0.4, -0.2) is 22.9 Å². The SMILES string of the molecule is CNc1cc(C(=O)Nc2ccccn2)cc(Cl)n1. The van der Waals surface area contributed by atoms with Crippen molar-refractivity contribution in [3.05, 3.63) is 47.2 Å². The quantitative estimate of drug-likeness (QED) is 0.834. The van der Waals surface area contributed by atoms with E-state index in [0.717, 1.165) is 0 Å². The number of carbonyl (C=O) groups excluding carboxylic acids is 1. The van der Waals surface area contributed by atoms with E-state index in [2.05, 4.69) is 20.6 Å². The summed E-state index contributed by atoms with van der Waals surface area (Å²) in [6, 6.07) is 8.39. The third kappa shape index (κ3) is 2.95. The lowest BCUT2D eigenvalue weighted by Gasteiger charge is -2.06. The van der Waals surface area contributed by atoms with Gasteiger partial charge in [-0.2, -0.15) is 0 Å². The third-order valence-electron chi connectivity index (χ3n) is 2.22. The van der Waals surface area contributed by atoms with Crippen molar-refractivity contribution in [1.82, 2.24) is 9.97 Å². The topological polar surface area (TPSA) is 66.9 Å². The Kier molecular flexibility index (Phi) is 3.74. The molecule has 0 fully saturated rings. The van der Waals surface area contributed by atoms with Gasteiger partial charge in [0.25, 0.3) is 5.91 Å². The summed E-state index contributed by atoms with van der Waals surface area (Å²) in [7, 11) is 1.71. The van der Waals surface area contributed by atoms with Gasteiger partial charge in [0.1, 0.15) is 16.8 Å². The number of nitrogens with zero attached hydrogens (tertiary/aromatic N) is 2. The molecule has 2 aromatic rings. The van der Waals surface area contributed by atoms with Crippen molar-refractivity contribution in [3.8, 4) is 0 Å². The summed E-state index contributed by atoms with van der Waals surface area (Å²) in [5.41, 5.74) is 0.421. The molecule has 0 radical (unpaired) electrons. The molecule has 0 aliphatic heterocycles. The second kappa shape index (κ2) is 5.46. The molecule has 2 aromatic heterocycles. The lowest BCUT2D eigenvalue weighted by molar-refractivity contribution is 0.102. The monoisotopic (exact) mass is 262 g/mol. The molecular formula is C12H11ClN4O. The summed E-state index contributed by atoms with van der Waals surface area (Å²) in [4.78, 5) is 20.0. The van der Waals surface area contributed by atoms with Gasteiger partial charge in [0.05, 0.1) is 0 Å². The normalized spacial score (nSPS) is 9.89. The molecule has 0 spiro atoms. The molecular weight excluding hydrogens is 252 g/mol. The van der Waals surface area contributed by atoms with Crippen molar-refractivity contribution >= 4 is 29.1 Å². The van der Waals surface area contributed by atoms with E-state index in [1.807, 2.05) is 0 Å². The molecule has 0 saturated heterocycles. The summed E-state index contributed by atoms with van der Waals surface area (Å²) < 4.78 is 0. The number of amides is 1. The standard InChI is InChI=1S/C12H11ClN4O/c1-14-11-7-8(6-9(13)16-11)12(18)17-10-4-2-3-5-15-10/h2-7H,1H3,(H,14,16)(H,15,17,18). The number of pyridine rings is 2. The van der Waals surface area contributed by atoms with Crippen molar-refractivity contribution in [3.63, 3.8) is 0 Å². The highest BCUT2D eigenvalue weighted by Gasteiger charge is 2.09. The van der Waals surface area contributed by atoms with Crippen LogP contribution in [0.3, 0.4) is 0 Å². The minimum Gasteiger partial charge on any atom is -0.373 e. The molecule has 0 atom stereocenters. The first kappa shape index (κ1) is 12.3. The van der Waals surface area contributed by atoms with Gasteiger partial charge in [-0.05, 0) is 24.3 Å². The number of carbonyl (C=O) groups is 1. The van der Waals surface area contributed by atoms with Gasteiger partial charge in [0.15, 0.2) is 0 Å². The lowest BCUT2D eigenvalue weighted by Crippen LogP contribution is -2.13. The Balaban J connectivity index is 2.21. The summed E-state index contributed by atoms with van der Waals surface area (Å²) in [5.74, 6) is 0.740. The van der Waals surface area contributed by atoms with Gasteiger partial charge in [0, 0.05) is 18.8 Å². The maximum absolute atomic E-state index is 12.0. The van der Waals surface area contributed by atoms with Gasteiger partial charge >= 0.3 is 0 Å². The number of halogens is 1. The predicted molar refractivity (Wildman–Crippen MR) is 71.0 cm³/mol. The van der Waals surface area contributed by atoms with E-state index in [4.69, 9.17) is 11.6 Å². The first-order valence-electron chi connectivity index (χ1n) is 5.27. The maximum Gasteiger partial charge on any atom is 0.257 e. The number of nitrogens with one attached hydrogen (secondary N) is 2. The summed E-state index contributed by atoms with van der Waals surface area (Å²) in [5, 5.41) is 5.77. The molecule has 6 heteroatoms. The lowest BCUT2D eigenvalue weighted by atomic mass is 10.2. The van der Waals surface area contributed by atoms with Crippen LogP contribution in [0.4, 0.5) is 11.6 Å². The van der Waals surface area contributed by atoms with Gasteiger partial charge in [-0.15, -0.1) is 0 Å². The van der Waals surface area contributed by atoms with E-state index in [1.165, 1.54) is 6.07 Å². The van der Waals surface area contributed by atoms with Crippen LogP contribution in [0.5, 0.6) is 0 Å². The molecule has 0 unspecified atom stereocenters. The minimum absolute atomic E-state index is 0.257. The number of rotatable bonds is 3. The highest BCUT2D eigenvalue weighted by atomic mass is 35.5. The molecule has 5 nitrogen and oxygen atoms in total. The van der Waals surface area contributed by atoms with Crippen LogP contribution in [0.2, 0.25) is 5.15 Å². The molecule has 2 rings (SSSR count). The van der Waals surface area contributed by atoms with Crippen molar-refractivity contribution in [2.24, 2.45) is 0 Å². The van der Waals surface area contributed by atoms with E-state index in [0.29, 0.717) is 17.2 Å². The molecule has 0 aromatic carbocycles. The van der Waals surface area contributed by atoms with E-state index in [1.54, 1.807) is 37.5 Å². The fraction of sp³-hybridized carbons (Fsp3) is 0.0833. The Labute approximate surface area is 109 Å². The van der Waals surface area contributed by atoms with Crippen LogP contribution >= 0.6 is 11.6 Å². The van der Waals surface area contributed by atoms with Crippen LogP contribution in [0.15, 0.2) is 36.5 Å². The molecule has 0 aliphatic rings.